The molecule has 1 rings (SSSR count). The van der Waals surface area contributed by atoms with Crippen molar-refractivity contribution in [3.05, 3.63) is 28.0 Å². The highest BCUT2D eigenvalue weighted by Gasteiger charge is 2.12. The predicted molar refractivity (Wildman–Crippen MR) is 39.5 cm³/mol. The van der Waals surface area contributed by atoms with E-state index in [1.807, 2.05) is 13.8 Å². The van der Waals surface area contributed by atoms with E-state index in [2.05, 4.69) is 0 Å². The molecule has 4 heteroatoms. The fourth-order valence-electron chi connectivity index (χ4n) is 0.751. The van der Waals surface area contributed by atoms with Crippen LogP contribution in [0.1, 0.15) is 25.5 Å². The normalized spacial score (nSPS) is 10.5. The van der Waals surface area contributed by atoms with E-state index in [4.69, 9.17) is 4.42 Å². The second kappa shape index (κ2) is 2.74. The summed E-state index contributed by atoms with van der Waals surface area (Å²) in [4.78, 5) is 9.61. The second-order valence-electron chi connectivity index (χ2n) is 2.59. The van der Waals surface area contributed by atoms with Gasteiger partial charge in [0.15, 0.2) is 0 Å². The number of rotatable bonds is 2. The van der Waals surface area contributed by atoms with Gasteiger partial charge in [-0.15, -0.1) is 0 Å². The van der Waals surface area contributed by atoms with Gasteiger partial charge in [0.25, 0.3) is 0 Å². The summed E-state index contributed by atoms with van der Waals surface area (Å²) in [5, 5.41) is 10.1. The predicted octanol–water partition coefficient (Wildman–Crippen LogP) is 2.31. The number of nitrogens with zero attached hydrogens (tertiary/aromatic N) is 1. The molecule has 0 aliphatic heterocycles. The molecule has 4 nitrogen and oxygen atoms in total. The van der Waals surface area contributed by atoms with Gasteiger partial charge in [0.05, 0.1) is 6.07 Å². The van der Waals surface area contributed by atoms with E-state index < -0.39 is 4.92 Å². The lowest BCUT2D eigenvalue weighted by molar-refractivity contribution is -0.402. The molecule has 0 atom stereocenters. The van der Waals surface area contributed by atoms with E-state index >= 15 is 0 Å². The van der Waals surface area contributed by atoms with Gasteiger partial charge in [0.1, 0.15) is 10.7 Å². The summed E-state index contributed by atoms with van der Waals surface area (Å²) in [6, 6.07) is 3.00. The summed E-state index contributed by atoms with van der Waals surface area (Å²) in [5.74, 6) is 0.661. The number of hydrogen-bond donors (Lipinski definition) is 0. The highest BCUT2D eigenvalue weighted by atomic mass is 16.6. The third-order valence-electron chi connectivity index (χ3n) is 1.36. The van der Waals surface area contributed by atoms with Gasteiger partial charge in [-0.1, -0.05) is 13.8 Å². The maximum Gasteiger partial charge on any atom is 0.433 e. The maximum absolute atomic E-state index is 10.1. The Morgan fingerprint density at radius 1 is 1.55 bits per heavy atom. The third kappa shape index (κ3) is 1.58. The van der Waals surface area contributed by atoms with E-state index in [0.29, 0.717) is 5.76 Å². The molecule has 0 bridgehead atoms. The molecule has 0 spiro atoms. The molecule has 11 heavy (non-hydrogen) atoms. The van der Waals surface area contributed by atoms with Gasteiger partial charge in [-0.25, -0.2) is 0 Å². The SMILES string of the molecule is CC(C)c1ccc([N+](=O)[O-])o1. The molecule has 0 unspecified atom stereocenters. The van der Waals surface area contributed by atoms with Crippen LogP contribution in [-0.2, 0) is 0 Å². The van der Waals surface area contributed by atoms with E-state index in [1.54, 1.807) is 6.07 Å². The van der Waals surface area contributed by atoms with Gasteiger partial charge in [-0.2, -0.15) is 0 Å². The first-order chi connectivity index (χ1) is 5.11. The zero-order chi connectivity index (χ0) is 8.43. The Hall–Kier alpha value is -1.32. The highest BCUT2D eigenvalue weighted by molar-refractivity contribution is 5.19. The Kier molecular flexibility index (Phi) is 1.94. The first-order valence-electron chi connectivity index (χ1n) is 3.35. The molecule has 1 aromatic rings. The van der Waals surface area contributed by atoms with Crippen molar-refractivity contribution < 1.29 is 9.34 Å². The fraction of sp³-hybridized carbons (Fsp3) is 0.429. The van der Waals surface area contributed by atoms with Crippen molar-refractivity contribution in [2.45, 2.75) is 19.8 Å². The van der Waals surface area contributed by atoms with Crippen molar-refractivity contribution in [3.8, 4) is 0 Å². The molecule has 0 fully saturated rings. The summed E-state index contributed by atoms with van der Waals surface area (Å²) in [6.45, 7) is 3.84. The van der Waals surface area contributed by atoms with Crippen LogP contribution in [0.5, 0.6) is 0 Å². The van der Waals surface area contributed by atoms with E-state index in [0.717, 1.165) is 0 Å². The molecular weight excluding hydrogens is 146 g/mol. The molecule has 0 N–H and O–H groups in total. The summed E-state index contributed by atoms with van der Waals surface area (Å²) < 4.78 is 4.91. The van der Waals surface area contributed by atoms with E-state index in [9.17, 15) is 10.1 Å². The monoisotopic (exact) mass is 155 g/mol. The Morgan fingerprint density at radius 3 is 2.45 bits per heavy atom. The average Bonchev–Trinajstić information content (AvgIpc) is 2.33. The Balaban J connectivity index is 2.90. The van der Waals surface area contributed by atoms with Crippen molar-refractivity contribution in [1.82, 2.24) is 0 Å². The Morgan fingerprint density at radius 2 is 2.18 bits per heavy atom. The van der Waals surface area contributed by atoms with Crippen LogP contribution >= 0.6 is 0 Å². The fourth-order valence-corrected chi connectivity index (χ4v) is 0.751. The van der Waals surface area contributed by atoms with Gasteiger partial charge in [-0.05, 0) is 6.07 Å². The van der Waals surface area contributed by atoms with Crippen molar-refractivity contribution in [2.75, 3.05) is 0 Å². The van der Waals surface area contributed by atoms with Crippen LogP contribution in [-0.4, -0.2) is 4.92 Å². The van der Waals surface area contributed by atoms with E-state index in [1.165, 1.54) is 6.07 Å². The number of furan rings is 1. The number of hydrogen-bond acceptors (Lipinski definition) is 3. The molecule has 0 aromatic carbocycles. The minimum atomic E-state index is -0.536. The van der Waals surface area contributed by atoms with Gasteiger partial charge in [0, 0.05) is 5.92 Å². The zero-order valence-electron chi connectivity index (χ0n) is 6.40. The molecule has 60 valence electrons. The molecule has 0 saturated heterocycles. The van der Waals surface area contributed by atoms with Crippen LogP contribution in [0.25, 0.3) is 0 Å². The molecule has 0 aliphatic carbocycles. The largest absolute Gasteiger partial charge is 0.433 e. The molecule has 1 aromatic heterocycles. The van der Waals surface area contributed by atoms with Crippen LogP contribution in [0.4, 0.5) is 5.88 Å². The molecule has 0 saturated carbocycles. The molecule has 0 radical (unpaired) electrons. The smallest absolute Gasteiger partial charge is 0.406 e. The summed E-state index contributed by atoms with van der Waals surface area (Å²) in [7, 11) is 0. The standard InChI is InChI=1S/C7H9NO3/c1-5(2)6-3-4-7(11-6)8(9)10/h3-5H,1-2H3. The first kappa shape index (κ1) is 7.78. The average molecular weight is 155 g/mol. The summed E-state index contributed by atoms with van der Waals surface area (Å²) >= 11 is 0. The highest BCUT2D eigenvalue weighted by Crippen LogP contribution is 2.21. The lowest BCUT2D eigenvalue weighted by Gasteiger charge is -1.95. The van der Waals surface area contributed by atoms with Gasteiger partial charge in [0.2, 0.25) is 0 Å². The molecular formula is C7H9NO3. The lowest BCUT2D eigenvalue weighted by atomic mass is 10.2. The van der Waals surface area contributed by atoms with E-state index in [-0.39, 0.29) is 11.8 Å². The second-order valence-corrected chi connectivity index (χ2v) is 2.59. The first-order valence-corrected chi connectivity index (χ1v) is 3.35. The van der Waals surface area contributed by atoms with Crippen molar-refractivity contribution in [3.63, 3.8) is 0 Å². The zero-order valence-corrected chi connectivity index (χ0v) is 6.40. The van der Waals surface area contributed by atoms with Crippen LogP contribution < -0.4 is 0 Å². The Bertz CT molecular complexity index is 264. The van der Waals surface area contributed by atoms with Crippen LogP contribution in [0.15, 0.2) is 16.5 Å². The van der Waals surface area contributed by atoms with Gasteiger partial charge in [-0.3, -0.25) is 10.1 Å². The van der Waals surface area contributed by atoms with Crippen LogP contribution in [0.2, 0.25) is 0 Å². The number of nitro groups is 1. The maximum atomic E-state index is 10.1. The van der Waals surface area contributed by atoms with Crippen LogP contribution in [0.3, 0.4) is 0 Å². The van der Waals surface area contributed by atoms with Gasteiger partial charge < -0.3 is 4.42 Å². The summed E-state index contributed by atoms with van der Waals surface area (Å²) in [6.07, 6.45) is 0. The molecule has 1 heterocycles. The molecule has 0 aliphatic rings. The van der Waals surface area contributed by atoms with Crippen LogP contribution in [0, 0.1) is 10.1 Å². The minimum Gasteiger partial charge on any atom is -0.406 e. The summed E-state index contributed by atoms with van der Waals surface area (Å²) in [5.41, 5.74) is 0. The van der Waals surface area contributed by atoms with Crippen molar-refractivity contribution >= 4 is 5.88 Å². The van der Waals surface area contributed by atoms with Crippen molar-refractivity contribution in [2.24, 2.45) is 0 Å². The van der Waals surface area contributed by atoms with Crippen molar-refractivity contribution in [1.29, 1.82) is 0 Å². The van der Waals surface area contributed by atoms with Gasteiger partial charge >= 0.3 is 5.88 Å². The minimum absolute atomic E-state index is 0.186. The lowest BCUT2D eigenvalue weighted by Crippen LogP contribution is -1.84. The topological polar surface area (TPSA) is 56.3 Å². The molecule has 0 amide bonds. The third-order valence-corrected chi connectivity index (χ3v) is 1.36. The quantitative estimate of drug-likeness (QED) is 0.486. The Labute approximate surface area is 64.0 Å².